The summed E-state index contributed by atoms with van der Waals surface area (Å²) in [4.78, 5) is 15.0. The van der Waals surface area contributed by atoms with E-state index in [4.69, 9.17) is 4.52 Å². The number of nitrogens with zero attached hydrogens (tertiary/aromatic N) is 3. The Balaban J connectivity index is 1.39. The standard InChI is InChI=1S/C25H32F2N4O4S/c1-3-30-12-4-5-21(30)16-28-25(32)19-10-13-31(14-11-19)36(33,34)24-17(2)29-35-23(24)9-7-18-6-8-20(26)15-22(18)27/h6-9,15,19,21H,3-5,10-14,16H2,1-2H3,(H,28,32)/b9-7+. The van der Waals surface area contributed by atoms with Crippen LogP contribution in [0, 0.1) is 24.5 Å². The Hall–Kier alpha value is -2.63. The maximum absolute atomic E-state index is 14.0. The molecule has 0 radical (unpaired) electrons. The molecule has 1 atom stereocenters. The van der Waals surface area contributed by atoms with Crippen LogP contribution >= 0.6 is 0 Å². The molecule has 0 spiro atoms. The first-order valence-electron chi connectivity index (χ1n) is 12.3. The summed E-state index contributed by atoms with van der Waals surface area (Å²) >= 11 is 0. The summed E-state index contributed by atoms with van der Waals surface area (Å²) in [5, 5.41) is 6.85. The van der Waals surface area contributed by atoms with Crippen molar-refractivity contribution in [3.8, 4) is 0 Å². The lowest BCUT2D eigenvalue weighted by Crippen LogP contribution is -2.46. The van der Waals surface area contributed by atoms with E-state index in [0.29, 0.717) is 25.4 Å². The van der Waals surface area contributed by atoms with E-state index < -0.39 is 21.7 Å². The normalized spacial score (nSPS) is 20.4. The fourth-order valence-corrected chi connectivity index (χ4v) is 6.71. The van der Waals surface area contributed by atoms with Crippen LogP contribution in [0.15, 0.2) is 27.6 Å². The number of amides is 1. The van der Waals surface area contributed by atoms with E-state index in [1.165, 1.54) is 29.4 Å². The third-order valence-corrected chi connectivity index (χ3v) is 9.11. The van der Waals surface area contributed by atoms with Gasteiger partial charge in [0.25, 0.3) is 0 Å². The van der Waals surface area contributed by atoms with Crippen molar-refractivity contribution in [1.82, 2.24) is 19.7 Å². The molecule has 2 aliphatic rings. The molecule has 0 bridgehead atoms. The van der Waals surface area contributed by atoms with Crippen molar-refractivity contribution in [2.24, 2.45) is 5.92 Å². The minimum Gasteiger partial charge on any atom is -0.355 e. The molecule has 1 aromatic heterocycles. The largest absolute Gasteiger partial charge is 0.355 e. The molecule has 2 fully saturated rings. The van der Waals surface area contributed by atoms with Gasteiger partial charge in [-0.2, -0.15) is 4.31 Å². The second kappa shape index (κ2) is 11.2. The van der Waals surface area contributed by atoms with Crippen molar-refractivity contribution in [1.29, 1.82) is 0 Å². The predicted molar refractivity (Wildman–Crippen MR) is 131 cm³/mol. The molecule has 36 heavy (non-hydrogen) atoms. The van der Waals surface area contributed by atoms with Crippen LogP contribution in [0.3, 0.4) is 0 Å². The Bertz CT molecular complexity index is 1220. The molecule has 0 saturated carbocycles. The Morgan fingerprint density at radius 2 is 1.94 bits per heavy atom. The van der Waals surface area contributed by atoms with Crippen LogP contribution in [0.1, 0.15) is 49.6 Å². The summed E-state index contributed by atoms with van der Waals surface area (Å²) in [7, 11) is -3.95. The van der Waals surface area contributed by atoms with Crippen molar-refractivity contribution in [2.45, 2.75) is 50.5 Å². The summed E-state index contributed by atoms with van der Waals surface area (Å²) in [6.45, 7) is 6.69. The molecule has 1 amide bonds. The van der Waals surface area contributed by atoms with Crippen molar-refractivity contribution >= 4 is 28.1 Å². The van der Waals surface area contributed by atoms with Crippen LogP contribution in [0.25, 0.3) is 12.2 Å². The Morgan fingerprint density at radius 1 is 1.19 bits per heavy atom. The van der Waals surface area contributed by atoms with Gasteiger partial charge in [0.05, 0.1) is 0 Å². The number of hydrogen-bond donors (Lipinski definition) is 1. The van der Waals surface area contributed by atoms with Crippen LogP contribution in [-0.4, -0.2) is 67.5 Å². The van der Waals surface area contributed by atoms with Crippen LogP contribution in [0.2, 0.25) is 0 Å². The molecule has 4 rings (SSSR count). The van der Waals surface area contributed by atoms with Crippen molar-refractivity contribution in [2.75, 3.05) is 32.7 Å². The van der Waals surface area contributed by atoms with Crippen LogP contribution in [0.5, 0.6) is 0 Å². The number of nitrogens with one attached hydrogen (secondary N) is 1. The zero-order chi connectivity index (χ0) is 25.9. The average molecular weight is 523 g/mol. The molecule has 3 heterocycles. The minimum absolute atomic E-state index is 0.0268. The van der Waals surface area contributed by atoms with E-state index >= 15 is 0 Å². The van der Waals surface area contributed by atoms with Crippen molar-refractivity contribution in [3.63, 3.8) is 0 Å². The average Bonchev–Trinajstić information content (AvgIpc) is 3.48. The molecule has 0 aliphatic carbocycles. The monoisotopic (exact) mass is 522 g/mol. The van der Waals surface area contributed by atoms with E-state index in [1.807, 2.05) is 0 Å². The summed E-state index contributed by atoms with van der Waals surface area (Å²) in [6, 6.07) is 3.48. The Morgan fingerprint density at radius 3 is 2.64 bits per heavy atom. The third-order valence-electron chi connectivity index (χ3n) is 7.05. The molecule has 8 nitrogen and oxygen atoms in total. The van der Waals surface area contributed by atoms with E-state index in [9.17, 15) is 22.0 Å². The maximum atomic E-state index is 14.0. The topological polar surface area (TPSA) is 95.8 Å². The quantitative estimate of drug-likeness (QED) is 0.571. The van der Waals surface area contributed by atoms with Gasteiger partial charge < -0.3 is 9.84 Å². The second-order valence-electron chi connectivity index (χ2n) is 9.31. The van der Waals surface area contributed by atoms with Gasteiger partial charge in [0, 0.05) is 43.2 Å². The Kier molecular flexibility index (Phi) is 8.21. The number of halogens is 2. The molecule has 11 heteroatoms. The van der Waals surface area contributed by atoms with Gasteiger partial charge in [0.2, 0.25) is 15.9 Å². The highest BCUT2D eigenvalue weighted by atomic mass is 32.2. The smallest absolute Gasteiger partial charge is 0.248 e. The SMILES string of the molecule is CCN1CCCC1CNC(=O)C1CCN(S(=O)(=O)c2c(C)noc2/C=C/c2ccc(F)cc2F)CC1. The fraction of sp³-hybridized carbons (Fsp3) is 0.520. The second-order valence-corrected chi connectivity index (χ2v) is 11.2. The number of carbonyl (C=O) groups excluding carboxylic acids is 1. The highest BCUT2D eigenvalue weighted by molar-refractivity contribution is 7.89. The lowest BCUT2D eigenvalue weighted by atomic mass is 9.97. The lowest BCUT2D eigenvalue weighted by Gasteiger charge is -2.31. The predicted octanol–water partition coefficient (Wildman–Crippen LogP) is 3.43. The summed E-state index contributed by atoms with van der Waals surface area (Å²) in [5.41, 5.74) is 0.270. The van der Waals surface area contributed by atoms with Gasteiger partial charge in [-0.15, -0.1) is 0 Å². The van der Waals surface area contributed by atoms with E-state index in [0.717, 1.165) is 38.1 Å². The van der Waals surface area contributed by atoms with Gasteiger partial charge in [0.1, 0.15) is 17.3 Å². The molecule has 1 aromatic carbocycles. The molecule has 2 aromatic rings. The van der Waals surface area contributed by atoms with Gasteiger partial charge >= 0.3 is 0 Å². The number of sulfonamides is 1. The molecule has 1 unspecified atom stereocenters. The number of hydrogen-bond acceptors (Lipinski definition) is 6. The summed E-state index contributed by atoms with van der Waals surface area (Å²) in [6.07, 6.45) is 5.68. The first-order valence-corrected chi connectivity index (χ1v) is 13.8. The van der Waals surface area contributed by atoms with Crippen LogP contribution < -0.4 is 5.32 Å². The third kappa shape index (κ3) is 5.68. The zero-order valence-corrected chi connectivity index (χ0v) is 21.4. The zero-order valence-electron chi connectivity index (χ0n) is 20.5. The molecular weight excluding hydrogens is 490 g/mol. The van der Waals surface area contributed by atoms with Crippen molar-refractivity contribution in [3.05, 3.63) is 46.9 Å². The van der Waals surface area contributed by atoms with E-state index in [2.05, 4.69) is 22.3 Å². The minimum atomic E-state index is -3.95. The molecule has 1 N–H and O–H groups in total. The van der Waals surface area contributed by atoms with Crippen LogP contribution in [-0.2, 0) is 14.8 Å². The highest BCUT2D eigenvalue weighted by Crippen LogP contribution is 2.29. The van der Waals surface area contributed by atoms with Gasteiger partial charge in [-0.05, 0) is 70.0 Å². The molecular formula is C25H32F2N4O4S. The number of likely N-dealkylation sites (N-methyl/N-ethyl adjacent to an activating group) is 1. The molecule has 2 aliphatic heterocycles. The van der Waals surface area contributed by atoms with Crippen molar-refractivity contribution < 1.29 is 26.5 Å². The number of rotatable bonds is 8. The number of aryl methyl sites for hydroxylation is 1. The van der Waals surface area contributed by atoms with Gasteiger partial charge in [-0.25, -0.2) is 17.2 Å². The number of likely N-dealkylation sites (tertiary alicyclic amines) is 1. The number of aromatic nitrogens is 1. The Labute approximate surface area is 210 Å². The number of benzene rings is 1. The maximum Gasteiger partial charge on any atom is 0.248 e. The summed E-state index contributed by atoms with van der Waals surface area (Å²) in [5.74, 6) is -1.78. The number of piperidine rings is 1. The van der Waals surface area contributed by atoms with E-state index in [-0.39, 0.29) is 46.8 Å². The molecule has 2 saturated heterocycles. The van der Waals surface area contributed by atoms with E-state index in [1.54, 1.807) is 0 Å². The first-order chi connectivity index (χ1) is 17.2. The lowest BCUT2D eigenvalue weighted by molar-refractivity contribution is -0.126. The highest BCUT2D eigenvalue weighted by Gasteiger charge is 2.36. The van der Waals surface area contributed by atoms with Gasteiger partial charge in [-0.1, -0.05) is 12.1 Å². The number of carbonyl (C=O) groups is 1. The molecule has 196 valence electrons. The van der Waals surface area contributed by atoms with Crippen LogP contribution in [0.4, 0.5) is 8.78 Å². The van der Waals surface area contributed by atoms with Gasteiger partial charge in [0.15, 0.2) is 10.7 Å². The fourth-order valence-electron chi connectivity index (χ4n) is 4.99. The summed E-state index contributed by atoms with van der Waals surface area (Å²) < 4.78 is 60.5. The first kappa shape index (κ1) is 26.4. The van der Waals surface area contributed by atoms with Gasteiger partial charge in [-0.3, -0.25) is 9.69 Å².